The van der Waals surface area contributed by atoms with Gasteiger partial charge in [0.15, 0.2) is 0 Å². The van der Waals surface area contributed by atoms with E-state index in [1.54, 1.807) is 18.5 Å². The summed E-state index contributed by atoms with van der Waals surface area (Å²) in [5.41, 5.74) is 9.44. The molecule has 28 heavy (non-hydrogen) atoms. The van der Waals surface area contributed by atoms with Gasteiger partial charge in [0, 0.05) is 37.4 Å². The monoisotopic (exact) mass is 383 g/mol. The Morgan fingerprint density at radius 3 is 2.64 bits per heavy atom. The standard InChI is InChI=1S/C21H26FN5O/c1-14-2-7-18-19(14)20(25-13-24-18)26-8-10-27(11-9-26)21(28)17(23)12-15-3-5-16(22)6-4-15/h3-6,13-14,17H,2,7-12,23H2,1H3/t14-,17-/m1/s1. The number of hydrogen-bond donors (Lipinski definition) is 1. The lowest BCUT2D eigenvalue weighted by atomic mass is 10.0. The van der Waals surface area contributed by atoms with Gasteiger partial charge >= 0.3 is 0 Å². The molecule has 4 rings (SSSR count). The molecule has 1 aromatic heterocycles. The maximum atomic E-state index is 13.0. The molecule has 0 saturated carbocycles. The molecule has 0 radical (unpaired) electrons. The van der Waals surface area contributed by atoms with Gasteiger partial charge in [-0.3, -0.25) is 4.79 Å². The summed E-state index contributed by atoms with van der Waals surface area (Å²) >= 11 is 0. The van der Waals surface area contributed by atoms with Crippen molar-refractivity contribution < 1.29 is 9.18 Å². The number of hydrogen-bond acceptors (Lipinski definition) is 5. The second-order valence-corrected chi connectivity index (χ2v) is 7.75. The van der Waals surface area contributed by atoms with Gasteiger partial charge in [0.25, 0.3) is 0 Å². The molecule has 0 unspecified atom stereocenters. The van der Waals surface area contributed by atoms with Crippen molar-refractivity contribution in [3.8, 4) is 0 Å². The summed E-state index contributed by atoms with van der Waals surface area (Å²) < 4.78 is 13.0. The van der Waals surface area contributed by atoms with Crippen LogP contribution in [0.25, 0.3) is 0 Å². The Kier molecular flexibility index (Phi) is 5.26. The Balaban J connectivity index is 1.37. The molecule has 2 N–H and O–H groups in total. The number of piperazine rings is 1. The average Bonchev–Trinajstić information content (AvgIpc) is 3.10. The molecule has 148 valence electrons. The second-order valence-electron chi connectivity index (χ2n) is 7.75. The minimum absolute atomic E-state index is 0.0507. The topological polar surface area (TPSA) is 75.4 Å². The Hall–Kier alpha value is -2.54. The summed E-state index contributed by atoms with van der Waals surface area (Å²) in [5.74, 6) is 1.17. The number of amides is 1. The first kappa shape index (κ1) is 18.8. The van der Waals surface area contributed by atoms with Crippen molar-refractivity contribution in [2.24, 2.45) is 5.73 Å². The number of anilines is 1. The minimum Gasteiger partial charge on any atom is -0.353 e. The van der Waals surface area contributed by atoms with Gasteiger partial charge in [0.05, 0.1) is 6.04 Å². The van der Waals surface area contributed by atoms with E-state index in [9.17, 15) is 9.18 Å². The third-order valence-electron chi connectivity index (χ3n) is 5.83. The van der Waals surface area contributed by atoms with E-state index in [-0.39, 0.29) is 11.7 Å². The molecule has 1 aliphatic heterocycles. The van der Waals surface area contributed by atoms with Crippen LogP contribution in [0.2, 0.25) is 0 Å². The fourth-order valence-corrected chi connectivity index (χ4v) is 4.21. The zero-order valence-electron chi connectivity index (χ0n) is 16.1. The molecule has 2 aromatic rings. The van der Waals surface area contributed by atoms with Crippen LogP contribution >= 0.6 is 0 Å². The smallest absolute Gasteiger partial charge is 0.239 e. The van der Waals surface area contributed by atoms with Gasteiger partial charge in [-0.15, -0.1) is 0 Å². The molecule has 1 saturated heterocycles. The molecule has 1 amide bonds. The van der Waals surface area contributed by atoms with Gasteiger partial charge in [0.1, 0.15) is 18.0 Å². The highest BCUT2D eigenvalue weighted by atomic mass is 19.1. The highest BCUT2D eigenvalue weighted by Gasteiger charge is 2.30. The third kappa shape index (κ3) is 3.71. The first-order valence-electron chi connectivity index (χ1n) is 9.90. The van der Waals surface area contributed by atoms with E-state index in [2.05, 4.69) is 21.8 Å². The van der Waals surface area contributed by atoms with Crippen LogP contribution < -0.4 is 10.6 Å². The number of nitrogens with two attached hydrogens (primary N) is 1. The van der Waals surface area contributed by atoms with E-state index in [1.807, 2.05) is 4.90 Å². The van der Waals surface area contributed by atoms with Crippen molar-refractivity contribution in [2.45, 2.75) is 38.1 Å². The van der Waals surface area contributed by atoms with Crippen molar-refractivity contribution in [1.29, 1.82) is 0 Å². The lowest BCUT2D eigenvalue weighted by Gasteiger charge is -2.37. The van der Waals surface area contributed by atoms with Crippen molar-refractivity contribution in [3.63, 3.8) is 0 Å². The Morgan fingerprint density at radius 1 is 1.21 bits per heavy atom. The molecule has 2 atom stereocenters. The average molecular weight is 383 g/mol. The number of carbonyl (C=O) groups is 1. The molecule has 1 aromatic carbocycles. The van der Waals surface area contributed by atoms with Crippen LogP contribution in [0, 0.1) is 5.82 Å². The van der Waals surface area contributed by atoms with Gasteiger partial charge in [-0.05, 0) is 42.9 Å². The van der Waals surface area contributed by atoms with Crippen LogP contribution in [0.3, 0.4) is 0 Å². The van der Waals surface area contributed by atoms with Crippen molar-refractivity contribution in [1.82, 2.24) is 14.9 Å². The van der Waals surface area contributed by atoms with E-state index in [0.29, 0.717) is 25.4 Å². The van der Waals surface area contributed by atoms with E-state index in [0.717, 1.165) is 43.0 Å². The summed E-state index contributed by atoms with van der Waals surface area (Å²) in [4.78, 5) is 25.8. The van der Waals surface area contributed by atoms with Gasteiger partial charge in [-0.25, -0.2) is 14.4 Å². The van der Waals surface area contributed by atoms with Gasteiger partial charge in [-0.1, -0.05) is 19.1 Å². The molecular weight excluding hydrogens is 357 g/mol. The molecule has 6 nitrogen and oxygen atoms in total. The van der Waals surface area contributed by atoms with E-state index >= 15 is 0 Å². The normalized spacial score (nSPS) is 20.2. The summed E-state index contributed by atoms with van der Waals surface area (Å²) in [7, 11) is 0. The zero-order chi connectivity index (χ0) is 19.7. The quantitative estimate of drug-likeness (QED) is 0.873. The summed E-state index contributed by atoms with van der Waals surface area (Å²) in [6.07, 6.45) is 4.21. The van der Waals surface area contributed by atoms with Gasteiger partial charge in [-0.2, -0.15) is 0 Å². The first-order valence-corrected chi connectivity index (χ1v) is 9.90. The number of halogens is 1. The number of nitrogens with zero attached hydrogens (tertiary/aromatic N) is 4. The zero-order valence-corrected chi connectivity index (χ0v) is 16.1. The fraction of sp³-hybridized carbons (Fsp3) is 0.476. The highest BCUT2D eigenvalue weighted by Crippen LogP contribution is 2.37. The molecule has 0 spiro atoms. The summed E-state index contributed by atoms with van der Waals surface area (Å²) in [5, 5.41) is 0. The Bertz CT molecular complexity index is 848. The lowest BCUT2D eigenvalue weighted by molar-refractivity contribution is -0.132. The largest absolute Gasteiger partial charge is 0.353 e. The molecule has 1 aliphatic carbocycles. The number of benzene rings is 1. The second kappa shape index (κ2) is 7.83. The molecule has 7 heteroatoms. The number of aryl methyl sites for hydroxylation is 1. The van der Waals surface area contributed by atoms with Crippen LogP contribution in [0.5, 0.6) is 0 Å². The van der Waals surface area contributed by atoms with E-state index in [1.165, 1.54) is 17.7 Å². The van der Waals surface area contributed by atoms with Crippen molar-refractivity contribution in [2.75, 3.05) is 31.1 Å². The van der Waals surface area contributed by atoms with Crippen LogP contribution in [0.1, 0.15) is 36.1 Å². The van der Waals surface area contributed by atoms with Crippen molar-refractivity contribution >= 4 is 11.7 Å². The van der Waals surface area contributed by atoms with Crippen LogP contribution in [0.4, 0.5) is 10.2 Å². The Labute approximate surface area is 164 Å². The number of rotatable bonds is 4. The van der Waals surface area contributed by atoms with Crippen molar-refractivity contribution in [3.05, 3.63) is 53.2 Å². The minimum atomic E-state index is -0.611. The molecule has 1 fully saturated rings. The van der Waals surface area contributed by atoms with Crippen LogP contribution in [-0.4, -0.2) is 53.0 Å². The predicted octanol–water partition coefficient (Wildman–Crippen LogP) is 1.88. The van der Waals surface area contributed by atoms with E-state index in [4.69, 9.17) is 5.73 Å². The van der Waals surface area contributed by atoms with Crippen LogP contribution in [0.15, 0.2) is 30.6 Å². The maximum absolute atomic E-state index is 13.0. The lowest BCUT2D eigenvalue weighted by Crippen LogP contribution is -2.54. The molecule has 2 heterocycles. The SMILES string of the molecule is C[C@@H]1CCc2ncnc(N3CCN(C(=O)[C@H](N)Cc4ccc(F)cc4)CC3)c21. The Morgan fingerprint density at radius 2 is 1.93 bits per heavy atom. The molecule has 2 aliphatic rings. The fourth-order valence-electron chi connectivity index (χ4n) is 4.21. The number of fused-ring (bicyclic) bond motifs is 1. The predicted molar refractivity (Wildman–Crippen MR) is 106 cm³/mol. The first-order chi connectivity index (χ1) is 13.5. The number of aromatic nitrogens is 2. The van der Waals surface area contributed by atoms with Gasteiger partial charge in [0.2, 0.25) is 5.91 Å². The summed E-state index contributed by atoms with van der Waals surface area (Å²) in [6.45, 7) is 4.97. The summed E-state index contributed by atoms with van der Waals surface area (Å²) in [6, 6.07) is 5.54. The van der Waals surface area contributed by atoms with Gasteiger partial charge < -0.3 is 15.5 Å². The molecular formula is C21H26FN5O. The maximum Gasteiger partial charge on any atom is 0.239 e. The third-order valence-corrected chi connectivity index (χ3v) is 5.83. The van der Waals surface area contributed by atoms with E-state index < -0.39 is 6.04 Å². The number of carbonyl (C=O) groups excluding carboxylic acids is 1. The highest BCUT2D eigenvalue weighted by molar-refractivity contribution is 5.82. The molecule has 0 bridgehead atoms. The van der Waals surface area contributed by atoms with Crippen LogP contribution in [-0.2, 0) is 17.6 Å².